The summed E-state index contributed by atoms with van der Waals surface area (Å²) in [5, 5.41) is 0. The van der Waals surface area contributed by atoms with Crippen LogP contribution < -0.4 is 8.92 Å². The number of rotatable bonds is 2. The van der Waals surface area contributed by atoms with E-state index >= 15 is 0 Å². The van der Waals surface area contributed by atoms with Crippen LogP contribution in [0.1, 0.15) is 0 Å². The summed E-state index contributed by atoms with van der Waals surface area (Å²) in [5.74, 6) is 0. The Bertz CT molecular complexity index is 391. The molecule has 0 fully saturated rings. The minimum atomic E-state index is 0.404. The molecule has 0 aliphatic rings. The molecule has 0 heterocycles. The van der Waals surface area contributed by atoms with E-state index < -0.39 is 0 Å². The summed E-state index contributed by atoms with van der Waals surface area (Å²) in [7, 11) is 0. The molecule has 0 saturated heterocycles. The number of benzene rings is 2. The molecule has 0 spiro atoms. The van der Waals surface area contributed by atoms with Crippen LogP contribution in [0.2, 0.25) is 0 Å². The van der Waals surface area contributed by atoms with Crippen molar-refractivity contribution in [2.75, 3.05) is 0 Å². The zero-order valence-electron chi connectivity index (χ0n) is 7.78. The van der Waals surface area contributed by atoms with Crippen LogP contribution >= 0.6 is 31.9 Å². The molecule has 0 aliphatic carbocycles. The molecule has 0 atom stereocenters. The molecule has 0 unspecified atom stereocenters. The molecular formula is C12H8Br2Se. The molecule has 2 aromatic carbocycles. The van der Waals surface area contributed by atoms with Gasteiger partial charge in [0.1, 0.15) is 0 Å². The van der Waals surface area contributed by atoms with Gasteiger partial charge in [-0.05, 0) is 0 Å². The molecule has 0 N–H and O–H groups in total. The van der Waals surface area contributed by atoms with Crippen LogP contribution in [0.3, 0.4) is 0 Å². The van der Waals surface area contributed by atoms with Crippen LogP contribution in [0.4, 0.5) is 0 Å². The molecule has 3 heteroatoms. The Hall–Kier alpha value is -0.0805. The van der Waals surface area contributed by atoms with Crippen molar-refractivity contribution < 1.29 is 0 Å². The van der Waals surface area contributed by atoms with E-state index in [4.69, 9.17) is 0 Å². The van der Waals surface area contributed by atoms with Crippen LogP contribution in [0, 0.1) is 0 Å². The fourth-order valence-electron chi connectivity index (χ4n) is 1.14. The Labute approximate surface area is 113 Å². The van der Waals surface area contributed by atoms with Crippen LogP contribution in [-0.2, 0) is 0 Å². The van der Waals surface area contributed by atoms with E-state index in [1.807, 2.05) is 0 Å². The first-order valence-electron chi connectivity index (χ1n) is 4.43. The SMILES string of the molecule is Brc1ccc([Se]c2ccc(Br)cc2)cc1. The normalized spacial score (nSPS) is 10.3. The second kappa shape index (κ2) is 5.31. The van der Waals surface area contributed by atoms with E-state index in [1.165, 1.54) is 8.92 Å². The van der Waals surface area contributed by atoms with Gasteiger partial charge in [0, 0.05) is 0 Å². The van der Waals surface area contributed by atoms with Gasteiger partial charge in [-0.25, -0.2) is 0 Å². The molecule has 0 nitrogen and oxygen atoms in total. The van der Waals surface area contributed by atoms with Gasteiger partial charge in [0.05, 0.1) is 0 Å². The molecule has 0 amide bonds. The van der Waals surface area contributed by atoms with Gasteiger partial charge in [-0.1, -0.05) is 0 Å². The van der Waals surface area contributed by atoms with Crippen LogP contribution in [-0.4, -0.2) is 15.0 Å². The van der Waals surface area contributed by atoms with Gasteiger partial charge in [-0.3, -0.25) is 0 Å². The van der Waals surface area contributed by atoms with Crippen molar-refractivity contribution >= 4 is 55.7 Å². The standard InChI is InChI=1S/C12H8Br2Se/c13-9-1-5-11(6-2-9)15-12-7-3-10(14)4-8-12/h1-8H. The van der Waals surface area contributed by atoms with Gasteiger partial charge in [-0.2, -0.15) is 0 Å². The van der Waals surface area contributed by atoms with Gasteiger partial charge in [0.25, 0.3) is 0 Å². The maximum atomic E-state index is 3.44. The summed E-state index contributed by atoms with van der Waals surface area (Å²) in [6, 6.07) is 17.1. The van der Waals surface area contributed by atoms with Crippen LogP contribution in [0.5, 0.6) is 0 Å². The van der Waals surface area contributed by atoms with Gasteiger partial charge in [0.15, 0.2) is 0 Å². The molecule has 0 aliphatic heterocycles. The Balaban J connectivity index is 2.15. The average Bonchev–Trinajstić information content (AvgIpc) is 2.25. The molecule has 0 radical (unpaired) electrons. The third-order valence-corrected chi connectivity index (χ3v) is 5.05. The van der Waals surface area contributed by atoms with E-state index in [1.54, 1.807) is 0 Å². The summed E-state index contributed by atoms with van der Waals surface area (Å²) < 4.78 is 5.07. The molecule has 2 aromatic rings. The van der Waals surface area contributed by atoms with E-state index in [-0.39, 0.29) is 0 Å². The fourth-order valence-corrected chi connectivity index (χ4v) is 3.38. The second-order valence-corrected chi connectivity index (χ2v) is 7.25. The number of halogens is 2. The minimum absolute atomic E-state index is 0.404. The van der Waals surface area contributed by atoms with Crippen molar-refractivity contribution in [3.8, 4) is 0 Å². The summed E-state index contributed by atoms with van der Waals surface area (Å²) in [4.78, 5) is 0. The summed E-state index contributed by atoms with van der Waals surface area (Å²) in [6.45, 7) is 0. The van der Waals surface area contributed by atoms with Gasteiger partial charge < -0.3 is 0 Å². The first-order valence-corrected chi connectivity index (χ1v) is 7.73. The quantitative estimate of drug-likeness (QED) is 0.692. The second-order valence-electron chi connectivity index (χ2n) is 3.01. The molecular weight excluding hydrogens is 383 g/mol. The summed E-state index contributed by atoms with van der Waals surface area (Å²) in [6.07, 6.45) is 0. The predicted octanol–water partition coefficient (Wildman–Crippen LogP) is 2.87. The van der Waals surface area contributed by atoms with Gasteiger partial charge in [0.2, 0.25) is 0 Å². The van der Waals surface area contributed by atoms with Crippen molar-refractivity contribution in [3.05, 3.63) is 57.5 Å². The van der Waals surface area contributed by atoms with E-state index in [2.05, 4.69) is 80.4 Å². The van der Waals surface area contributed by atoms with Crippen molar-refractivity contribution in [2.24, 2.45) is 0 Å². The molecule has 0 aromatic heterocycles. The number of hydrogen-bond donors (Lipinski definition) is 0. The maximum absolute atomic E-state index is 3.44. The van der Waals surface area contributed by atoms with Crippen LogP contribution in [0.25, 0.3) is 0 Å². The number of hydrogen-bond acceptors (Lipinski definition) is 0. The molecule has 76 valence electrons. The third-order valence-electron chi connectivity index (χ3n) is 1.86. The Morgan fingerprint density at radius 2 is 0.933 bits per heavy atom. The summed E-state index contributed by atoms with van der Waals surface area (Å²) >= 11 is 7.29. The predicted molar refractivity (Wildman–Crippen MR) is 73.3 cm³/mol. The van der Waals surface area contributed by atoms with Crippen molar-refractivity contribution in [1.82, 2.24) is 0 Å². The molecule has 0 saturated carbocycles. The van der Waals surface area contributed by atoms with E-state index in [0.717, 1.165) is 8.95 Å². The first-order chi connectivity index (χ1) is 7.24. The molecule has 2 rings (SSSR count). The first kappa shape index (κ1) is 11.4. The van der Waals surface area contributed by atoms with Crippen LogP contribution in [0.15, 0.2) is 57.5 Å². The van der Waals surface area contributed by atoms with Crippen molar-refractivity contribution in [2.45, 2.75) is 0 Å². The Kier molecular flexibility index (Phi) is 4.04. The molecule has 0 bridgehead atoms. The third kappa shape index (κ3) is 3.46. The zero-order valence-corrected chi connectivity index (χ0v) is 12.7. The fraction of sp³-hybridized carbons (Fsp3) is 0. The van der Waals surface area contributed by atoms with E-state index in [0.29, 0.717) is 15.0 Å². The van der Waals surface area contributed by atoms with Gasteiger partial charge in [-0.15, -0.1) is 0 Å². The Morgan fingerprint density at radius 1 is 0.600 bits per heavy atom. The Morgan fingerprint density at radius 3 is 1.27 bits per heavy atom. The molecule has 15 heavy (non-hydrogen) atoms. The topological polar surface area (TPSA) is 0 Å². The van der Waals surface area contributed by atoms with Gasteiger partial charge >= 0.3 is 113 Å². The monoisotopic (exact) mass is 390 g/mol. The zero-order chi connectivity index (χ0) is 10.7. The van der Waals surface area contributed by atoms with E-state index in [9.17, 15) is 0 Å². The average molecular weight is 391 g/mol. The van der Waals surface area contributed by atoms with Crippen molar-refractivity contribution in [3.63, 3.8) is 0 Å². The summed E-state index contributed by atoms with van der Waals surface area (Å²) in [5.41, 5.74) is 0. The van der Waals surface area contributed by atoms with Crippen molar-refractivity contribution in [1.29, 1.82) is 0 Å².